The number of hydrogen-bond donors (Lipinski definition) is 2. The third-order valence-corrected chi connectivity index (χ3v) is 13.3. The number of nitrogens with one attached hydrogen (secondary N) is 1. The molecule has 0 spiro atoms. The van der Waals surface area contributed by atoms with Crippen molar-refractivity contribution in [1.82, 2.24) is 15.0 Å². The summed E-state index contributed by atoms with van der Waals surface area (Å²) in [4.78, 5) is 69.3. The molecular weight excluding hydrogens is 862 g/mol. The summed E-state index contributed by atoms with van der Waals surface area (Å²) in [7, 11) is 1.39. The van der Waals surface area contributed by atoms with Gasteiger partial charge in [0.15, 0.2) is 11.4 Å². The molecule has 4 heterocycles. The van der Waals surface area contributed by atoms with Crippen molar-refractivity contribution in [3.8, 4) is 23.0 Å². The molecule has 10 rings (SSSR count). The van der Waals surface area contributed by atoms with Gasteiger partial charge in [0.2, 0.25) is 17.7 Å². The van der Waals surface area contributed by atoms with Gasteiger partial charge in [0, 0.05) is 28.3 Å². The van der Waals surface area contributed by atoms with Gasteiger partial charge in [0.05, 0.1) is 46.6 Å². The maximum atomic E-state index is 15.5. The lowest BCUT2D eigenvalue weighted by Crippen LogP contribution is -2.53. The summed E-state index contributed by atoms with van der Waals surface area (Å²) in [5, 5.41) is 12.3. The summed E-state index contributed by atoms with van der Waals surface area (Å²) >= 11 is 12.7. The molecule has 2 aliphatic heterocycles. The maximum Gasteiger partial charge on any atom is 0.417 e. The smallest absolute Gasteiger partial charge is 0.417 e. The van der Waals surface area contributed by atoms with Gasteiger partial charge in [0.25, 0.3) is 11.8 Å². The SMILES string of the molecule is COc1cccc(O)c1[C@H]1C2=CC[C@@H]3C(=O)N(c4ccc(-c5nc6ccccc6o5)cc4)C(=O)[C@@H]3[C@@H]2C[C@H]2C(=O)N(Nc3ncc(C(F)(F)F)cc3Cl)C(=O)[C@@]12c1ccc(Cl)cc1. The summed E-state index contributed by atoms with van der Waals surface area (Å²) in [5.74, 6) is -7.91. The number of aromatic nitrogens is 2. The van der Waals surface area contributed by atoms with Crippen molar-refractivity contribution in [3.63, 3.8) is 0 Å². The van der Waals surface area contributed by atoms with E-state index < -0.39 is 81.2 Å². The Hall–Kier alpha value is -6.71. The minimum atomic E-state index is -4.78. The highest BCUT2D eigenvalue weighted by Crippen LogP contribution is 2.66. The van der Waals surface area contributed by atoms with Crippen LogP contribution in [-0.4, -0.2) is 50.8 Å². The molecule has 2 N–H and O–H groups in total. The standard InChI is InChI=1S/C46H32Cl2F3N5O7/c1-62-35-8-4-6-33(57)37(35)38-27-17-18-28-36(43(60)55(41(28)58)26-15-9-22(10-16-26)40-53-32-5-2-3-7-34(32)63-40)29(27)20-30-42(59)56(44(61)45(30,38)23-11-13-25(47)14-12-23)54-39-31(48)19-24(21-52-39)46(49,50)51/h2-17,19,21,28-30,36,38,57H,18,20H2,1H3,(H,52,54)/t28-,29+,30-,36-,38+,45+/m0/s1. The summed E-state index contributed by atoms with van der Waals surface area (Å²) < 4.78 is 52.5. The number of carbonyl (C=O) groups excluding carboxylic acids is 4. The van der Waals surface area contributed by atoms with Gasteiger partial charge in [-0.15, -0.1) is 0 Å². The van der Waals surface area contributed by atoms with E-state index in [9.17, 15) is 27.9 Å². The highest BCUT2D eigenvalue weighted by molar-refractivity contribution is 6.33. The average Bonchev–Trinajstić information content (AvgIpc) is 3.88. The van der Waals surface area contributed by atoms with E-state index in [2.05, 4.69) is 15.4 Å². The van der Waals surface area contributed by atoms with E-state index in [1.54, 1.807) is 66.7 Å². The van der Waals surface area contributed by atoms with E-state index in [-0.39, 0.29) is 29.9 Å². The van der Waals surface area contributed by atoms with Crippen molar-refractivity contribution < 1.29 is 46.6 Å². The molecule has 2 saturated heterocycles. The second kappa shape index (κ2) is 14.7. The van der Waals surface area contributed by atoms with Gasteiger partial charge in [-0.2, -0.15) is 18.2 Å². The quantitative estimate of drug-likeness (QED) is 0.117. The Kier molecular flexibility index (Phi) is 9.42. The Morgan fingerprint density at radius 2 is 1.65 bits per heavy atom. The number of phenols is 1. The van der Waals surface area contributed by atoms with Crippen LogP contribution in [0.5, 0.6) is 11.5 Å². The number of imide groups is 2. The molecule has 63 heavy (non-hydrogen) atoms. The number of hydrogen-bond acceptors (Lipinski definition) is 10. The fraction of sp³-hybridized carbons (Fsp3) is 0.217. The first-order valence-corrected chi connectivity index (χ1v) is 20.5. The number of carbonyl (C=O) groups is 4. The largest absolute Gasteiger partial charge is 0.508 e. The third-order valence-electron chi connectivity index (χ3n) is 12.8. The number of para-hydroxylation sites is 2. The second-order valence-electron chi connectivity index (χ2n) is 15.9. The number of methoxy groups -OCH3 is 1. The molecule has 4 amide bonds. The van der Waals surface area contributed by atoms with Crippen LogP contribution >= 0.6 is 23.2 Å². The minimum absolute atomic E-state index is 0.0848. The number of amides is 4. The number of ether oxygens (including phenoxy) is 1. The molecule has 12 nitrogen and oxygen atoms in total. The van der Waals surface area contributed by atoms with Crippen LogP contribution in [0.25, 0.3) is 22.6 Å². The van der Waals surface area contributed by atoms with Crippen molar-refractivity contribution in [1.29, 1.82) is 0 Å². The van der Waals surface area contributed by atoms with Gasteiger partial charge >= 0.3 is 6.18 Å². The maximum absolute atomic E-state index is 15.5. The fourth-order valence-corrected chi connectivity index (χ4v) is 10.4. The summed E-state index contributed by atoms with van der Waals surface area (Å²) in [6.45, 7) is 0. The number of halogens is 5. The van der Waals surface area contributed by atoms with Gasteiger partial charge in [-0.25, -0.2) is 9.97 Å². The number of nitrogens with zero attached hydrogens (tertiary/aromatic N) is 4. The predicted molar refractivity (Wildman–Crippen MR) is 223 cm³/mol. The molecule has 17 heteroatoms. The normalized spacial score (nSPS) is 24.3. The number of fused-ring (bicyclic) bond motifs is 5. The molecule has 6 aromatic rings. The van der Waals surface area contributed by atoms with Gasteiger partial charge < -0.3 is 14.3 Å². The molecule has 4 aromatic carbocycles. The molecule has 2 aromatic heterocycles. The van der Waals surface area contributed by atoms with Gasteiger partial charge in [-0.3, -0.25) is 29.5 Å². The first-order valence-electron chi connectivity index (χ1n) is 19.8. The van der Waals surface area contributed by atoms with Crippen LogP contribution in [0, 0.1) is 23.7 Å². The minimum Gasteiger partial charge on any atom is -0.508 e. The average molecular weight is 895 g/mol. The first-order chi connectivity index (χ1) is 30.2. The van der Waals surface area contributed by atoms with E-state index in [0.29, 0.717) is 61.7 Å². The van der Waals surface area contributed by atoms with Crippen LogP contribution in [0.1, 0.15) is 35.4 Å². The Bertz CT molecular complexity index is 2910. The Balaban J connectivity index is 1.09. The number of rotatable bonds is 7. The predicted octanol–water partition coefficient (Wildman–Crippen LogP) is 9.12. The lowest BCUT2D eigenvalue weighted by molar-refractivity contribution is -0.139. The van der Waals surface area contributed by atoms with E-state index in [4.69, 9.17) is 32.4 Å². The van der Waals surface area contributed by atoms with E-state index in [0.717, 1.165) is 4.90 Å². The number of phenolic OH excluding ortho intramolecular Hbond substituents is 1. The zero-order valence-corrected chi connectivity index (χ0v) is 34.3. The van der Waals surface area contributed by atoms with Crippen LogP contribution < -0.4 is 15.1 Å². The fourth-order valence-electron chi connectivity index (χ4n) is 10.1. The molecular formula is C46H32Cl2F3N5O7. The number of hydrazine groups is 1. The first kappa shape index (κ1) is 40.4. The molecule has 0 unspecified atom stereocenters. The summed E-state index contributed by atoms with van der Waals surface area (Å²) in [6.07, 6.45) is -2.49. The lowest BCUT2D eigenvalue weighted by Gasteiger charge is -2.50. The molecule has 6 atom stereocenters. The second-order valence-corrected chi connectivity index (χ2v) is 16.7. The molecule has 1 saturated carbocycles. The molecule has 2 aliphatic carbocycles. The van der Waals surface area contributed by atoms with Crippen LogP contribution in [0.15, 0.2) is 119 Å². The van der Waals surface area contributed by atoms with Gasteiger partial charge in [-0.1, -0.05) is 65.2 Å². The number of oxazole rings is 1. The van der Waals surface area contributed by atoms with Crippen molar-refractivity contribution in [2.45, 2.75) is 30.4 Å². The van der Waals surface area contributed by atoms with Crippen molar-refractivity contribution in [2.24, 2.45) is 23.7 Å². The number of alkyl halides is 3. The number of allylic oxidation sites excluding steroid dienone is 2. The topological polar surface area (TPSA) is 155 Å². The Morgan fingerprint density at radius 3 is 2.35 bits per heavy atom. The van der Waals surface area contributed by atoms with Crippen molar-refractivity contribution >= 4 is 69.4 Å². The third kappa shape index (κ3) is 6.11. The number of aromatic hydroxyl groups is 1. The zero-order valence-electron chi connectivity index (χ0n) is 32.8. The van der Waals surface area contributed by atoms with E-state index in [1.165, 1.54) is 13.2 Å². The Labute approximate surface area is 365 Å². The number of pyridine rings is 1. The van der Waals surface area contributed by atoms with E-state index >= 15 is 9.59 Å². The molecule has 318 valence electrons. The molecule has 3 fully saturated rings. The van der Waals surface area contributed by atoms with Crippen LogP contribution in [0.4, 0.5) is 24.7 Å². The molecule has 0 bridgehead atoms. The Morgan fingerprint density at radius 1 is 0.905 bits per heavy atom. The highest BCUT2D eigenvalue weighted by Gasteiger charge is 2.71. The van der Waals surface area contributed by atoms with E-state index in [1.807, 2.05) is 24.3 Å². The molecule has 0 radical (unpaired) electrons. The van der Waals surface area contributed by atoms with Gasteiger partial charge in [-0.05, 0) is 91.1 Å². The summed E-state index contributed by atoms with van der Waals surface area (Å²) in [6, 6.07) is 25.4. The summed E-state index contributed by atoms with van der Waals surface area (Å²) in [5.41, 5.74) is 2.75. The lowest BCUT2D eigenvalue weighted by atomic mass is 9.49. The van der Waals surface area contributed by atoms with Crippen LogP contribution in [0.2, 0.25) is 10.0 Å². The highest BCUT2D eigenvalue weighted by atomic mass is 35.5. The van der Waals surface area contributed by atoms with Crippen LogP contribution in [-0.2, 0) is 30.8 Å². The number of anilines is 2. The van der Waals surface area contributed by atoms with Crippen molar-refractivity contribution in [2.75, 3.05) is 17.4 Å². The monoisotopic (exact) mass is 893 g/mol. The van der Waals surface area contributed by atoms with Crippen molar-refractivity contribution in [3.05, 3.63) is 142 Å². The van der Waals surface area contributed by atoms with Crippen LogP contribution in [0.3, 0.4) is 0 Å². The van der Waals surface area contributed by atoms with Gasteiger partial charge in [0.1, 0.15) is 17.0 Å². The molecule has 4 aliphatic rings. The zero-order chi connectivity index (χ0) is 44.1. The number of benzene rings is 4.